The lowest BCUT2D eigenvalue weighted by Gasteiger charge is -2.27. The number of carbonyl (C=O) groups is 1. The van der Waals surface area contributed by atoms with E-state index in [0.717, 1.165) is 18.7 Å². The van der Waals surface area contributed by atoms with Gasteiger partial charge in [0.2, 0.25) is 0 Å². The third kappa shape index (κ3) is 3.92. The van der Waals surface area contributed by atoms with Crippen molar-refractivity contribution in [2.45, 2.75) is 32.2 Å². The van der Waals surface area contributed by atoms with Crippen LogP contribution in [0.1, 0.15) is 53.1 Å². The smallest absolute Gasteiger partial charge is 0.271 e. The van der Waals surface area contributed by atoms with Crippen LogP contribution in [0.3, 0.4) is 0 Å². The van der Waals surface area contributed by atoms with Crippen molar-refractivity contribution >= 4 is 18.3 Å². The minimum atomic E-state index is -0.131. The van der Waals surface area contributed by atoms with E-state index in [1.165, 1.54) is 11.1 Å². The Bertz CT molecular complexity index is 668. The minimum absolute atomic E-state index is 0. The van der Waals surface area contributed by atoms with Crippen molar-refractivity contribution in [1.82, 2.24) is 20.8 Å². The van der Waals surface area contributed by atoms with Gasteiger partial charge in [-0.3, -0.25) is 9.89 Å². The third-order valence-corrected chi connectivity index (χ3v) is 4.13. The summed E-state index contributed by atoms with van der Waals surface area (Å²) in [5, 5.41) is 13.4. The summed E-state index contributed by atoms with van der Waals surface area (Å²) in [5.41, 5.74) is 4.07. The highest BCUT2D eigenvalue weighted by Gasteiger charge is 2.20. The van der Waals surface area contributed by atoms with E-state index < -0.39 is 0 Å². The summed E-state index contributed by atoms with van der Waals surface area (Å²) < 4.78 is 0. The molecule has 124 valence electrons. The molecule has 1 aliphatic rings. The van der Waals surface area contributed by atoms with Gasteiger partial charge in [-0.2, -0.15) is 5.10 Å². The van der Waals surface area contributed by atoms with Crippen molar-refractivity contribution in [1.29, 1.82) is 0 Å². The number of aromatic nitrogens is 2. The molecule has 2 aromatic rings. The molecule has 1 amide bonds. The first-order valence-electron chi connectivity index (χ1n) is 7.80. The molecule has 6 heteroatoms. The number of carbonyl (C=O) groups excluding carboxylic acids is 1. The van der Waals surface area contributed by atoms with E-state index in [4.69, 9.17) is 0 Å². The zero-order chi connectivity index (χ0) is 15.5. The maximum absolute atomic E-state index is 12.2. The van der Waals surface area contributed by atoms with Crippen molar-refractivity contribution in [2.75, 3.05) is 13.1 Å². The summed E-state index contributed by atoms with van der Waals surface area (Å²) in [6.07, 6.45) is 1.04. The van der Waals surface area contributed by atoms with Crippen molar-refractivity contribution in [3.63, 3.8) is 0 Å². The number of amides is 1. The van der Waals surface area contributed by atoms with Crippen LogP contribution in [0.25, 0.3) is 0 Å². The molecule has 5 nitrogen and oxygen atoms in total. The first-order chi connectivity index (χ1) is 10.6. The fourth-order valence-corrected chi connectivity index (χ4v) is 2.81. The van der Waals surface area contributed by atoms with E-state index in [1.807, 2.05) is 12.1 Å². The predicted molar refractivity (Wildman–Crippen MR) is 93.1 cm³/mol. The first kappa shape index (κ1) is 17.5. The van der Waals surface area contributed by atoms with Gasteiger partial charge in [0.1, 0.15) is 5.69 Å². The maximum atomic E-state index is 12.2. The summed E-state index contributed by atoms with van der Waals surface area (Å²) >= 11 is 0. The summed E-state index contributed by atoms with van der Waals surface area (Å²) in [4.78, 5) is 12.2. The van der Waals surface area contributed by atoms with Gasteiger partial charge in [-0.05, 0) is 36.1 Å². The lowest BCUT2D eigenvalue weighted by Crippen LogP contribution is -2.38. The van der Waals surface area contributed by atoms with Crippen LogP contribution in [-0.4, -0.2) is 29.2 Å². The lowest BCUT2D eigenvalue weighted by atomic mass is 9.94. The second kappa shape index (κ2) is 7.62. The van der Waals surface area contributed by atoms with Gasteiger partial charge in [0.05, 0.1) is 0 Å². The fraction of sp³-hybridized carbons (Fsp3) is 0.412. The van der Waals surface area contributed by atoms with Crippen LogP contribution >= 0.6 is 12.4 Å². The standard InChI is InChI=1S/C17H22N4O.ClH/c1-11(2)14-9-15(21-20-14)17(22)19-10-16-13-6-4-3-5-12(13)7-8-18-16;/h3-6,9,11,16,18H,7-8,10H2,1-2H3,(H,19,22)(H,20,21);1H. The highest BCUT2D eigenvalue weighted by molar-refractivity contribution is 5.92. The Morgan fingerprint density at radius 2 is 2.17 bits per heavy atom. The highest BCUT2D eigenvalue weighted by atomic mass is 35.5. The summed E-state index contributed by atoms with van der Waals surface area (Å²) in [6, 6.07) is 10.4. The zero-order valence-corrected chi connectivity index (χ0v) is 14.2. The quantitative estimate of drug-likeness (QED) is 0.805. The Balaban J connectivity index is 0.00000192. The molecular formula is C17H23ClN4O. The van der Waals surface area contributed by atoms with Gasteiger partial charge < -0.3 is 10.6 Å². The Kier molecular flexibility index (Phi) is 5.80. The molecule has 2 heterocycles. The molecule has 3 rings (SSSR count). The average Bonchev–Trinajstić information content (AvgIpc) is 3.03. The van der Waals surface area contributed by atoms with Gasteiger partial charge >= 0.3 is 0 Å². The summed E-state index contributed by atoms with van der Waals surface area (Å²) in [5.74, 6) is 0.203. The molecule has 0 aliphatic carbocycles. The van der Waals surface area contributed by atoms with E-state index >= 15 is 0 Å². The summed E-state index contributed by atoms with van der Waals surface area (Å²) in [7, 11) is 0. The molecule has 1 atom stereocenters. The predicted octanol–water partition coefficient (Wildman–Crippen LogP) is 2.57. The molecule has 1 aromatic heterocycles. The molecule has 0 radical (unpaired) electrons. The number of benzene rings is 1. The number of nitrogens with zero attached hydrogens (tertiary/aromatic N) is 1. The number of hydrogen-bond donors (Lipinski definition) is 3. The van der Waals surface area contributed by atoms with Crippen LogP contribution in [0.4, 0.5) is 0 Å². The van der Waals surface area contributed by atoms with E-state index in [1.54, 1.807) is 0 Å². The first-order valence-corrected chi connectivity index (χ1v) is 7.80. The molecule has 3 N–H and O–H groups in total. The topological polar surface area (TPSA) is 69.8 Å². The van der Waals surface area contributed by atoms with Gasteiger partial charge in [0, 0.05) is 18.3 Å². The molecule has 1 aromatic carbocycles. The average molecular weight is 335 g/mol. The van der Waals surface area contributed by atoms with Crippen LogP contribution in [0, 0.1) is 0 Å². The Morgan fingerprint density at radius 1 is 1.39 bits per heavy atom. The molecule has 0 spiro atoms. The second-order valence-corrected chi connectivity index (χ2v) is 6.03. The SMILES string of the molecule is CC(C)c1cc(C(=O)NCC2NCCc3ccccc32)n[nH]1.Cl. The number of halogens is 1. The molecule has 1 unspecified atom stereocenters. The van der Waals surface area contributed by atoms with E-state index in [9.17, 15) is 4.79 Å². The van der Waals surface area contributed by atoms with E-state index in [-0.39, 0.29) is 24.4 Å². The van der Waals surface area contributed by atoms with Gasteiger partial charge in [-0.15, -0.1) is 12.4 Å². The summed E-state index contributed by atoms with van der Waals surface area (Å²) in [6.45, 7) is 5.65. The van der Waals surface area contributed by atoms with Crippen LogP contribution in [0.2, 0.25) is 0 Å². The molecule has 1 aliphatic heterocycles. The van der Waals surface area contributed by atoms with Gasteiger partial charge in [0.15, 0.2) is 0 Å². The largest absolute Gasteiger partial charge is 0.349 e. The number of nitrogens with one attached hydrogen (secondary N) is 3. The van der Waals surface area contributed by atoms with Crippen LogP contribution in [-0.2, 0) is 6.42 Å². The second-order valence-electron chi connectivity index (χ2n) is 6.03. The third-order valence-electron chi connectivity index (χ3n) is 4.13. The van der Waals surface area contributed by atoms with Gasteiger partial charge in [-0.25, -0.2) is 0 Å². The number of fused-ring (bicyclic) bond motifs is 1. The van der Waals surface area contributed by atoms with Crippen molar-refractivity contribution in [2.24, 2.45) is 0 Å². The van der Waals surface area contributed by atoms with E-state index in [2.05, 4.69) is 52.9 Å². The van der Waals surface area contributed by atoms with Crippen LogP contribution in [0.5, 0.6) is 0 Å². The maximum Gasteiger partial charge on any atom is 0.271 e. The normalized spacial score (nSPS) is 16.6. The zero-order valence-electron chi connectivity index (χ0n) is 13.4. The number of aromatic amines is 1. The highest BCUT2D eigenvalue weighted by Crippen LogP contribution is 2.22. The Hall–Kier alpha value is -1.85. The van der Waals surface area contributed by atoms with Gasteiger partial charge in [-0.1, -0.05) is 38.1 Å². The van der Waals surface area contributed by atoms with Crippen LogP contribution < -0.4 is 10.6 Å². The number of hydrogen-bond acceptors (Lipinski definition) is 3. The Morgan fingerprint density at radius 3 is 2.91 bits per heavy atom. The fourth-order valence-electron chi connectivity index (χ4n) is 2.81. The van der Waals surface area contributed by atoms with Crippen LogP contribution in [0.15, 0.2) is 30.3 Å². The van der Waals surface area contributed by atoms with Crippen molar-refractivity contribution in [3.8, 4) is 0 Å². The Labute approximate surface area is 142 Å². The van der Waals surface area contributed by atoms with Crippen molar-refractivity contribution < 1.29 is 4.79 Å². The number of H-pyrrole nitrogens is 1. The van der Waals surface area contributed by atoms with Crippen molar-refractivity contribution in [3.05, 3.63) is 52.8 Å². The molecule has 0 saturated heterocycles. The van der Waals surface area contributed by atoms with Gasteiger partial charge in [0.25, 0.3) is 5.91 Å². The molecule has 23 heavy (non-hydrogen) atoms. The monoisotopic (exact) mass is 334 g/mol. The minimum Gasteiger partial charge on any atom is -0.349 e. The molecule has 0 bridgehead atoms. The number of rotatable bonds is 4. The molecule has 0 fully saturated rings. The molecule has 0 saturated carbocycles. The lowest BCUT2D eigenvalue weighted by molar-refractivity contribution is 0.0944. The van der Waals surface area contributed by atoms with E-state index in [0.29, 0.717) is 18.2 Å². The molecular weight excluding hydrogens is 312 g/mol.